The number of hydrogen-bond acceptors (Lipinski definition) is 7. The Kier molecular flexibility index (Phi) is 5.72. The van der Waals surface area contributed by atoms with E-state index >= 15 is 0 Å². The third-order valence-corrected chi connectivity index (χ3v) is 4.68. The number of nitrogen functional groups attached to an aromatic ring is 1. The average molecular weight is 290 g/mol. The molecule has 0 fully saturated rings. The highest BCUT2D eigenvalue weighted by atomic mass is 31.2. The van der Waals surface area contributed by atoms with Crippen molar-refractivity contribution >= 4 is 19.0 Å². The Morgan fingerprint density at radius 3 is 2.21 bits per heavy atom. The third kappa shape index (κ3) is 3.89. The van der Waals surface area contributed by atoms with Gasteiger partial charge in [-0.3, -0.25) is 14.2 Å². The van der Waals surface area contributed by atoms with Gasteiger partial charge in [0.25, 0.3) is 10.9 Å². The maximum Gasteiger partial charge on any atom is 0.330 e. The molecule has 0 heterocycles. The van der Waals surface area contributed by atoms with Crippen molar-refractivity contribution in [1.82, 2.24) is 0 Å². The Morgan fingerprint density at radius 2 is 1.74 bits per heavy atom. The van der Waals surface area contributed by atoms with Gasteiger partial charge in [-0.2, -0.15) is 0 Å². The highest BCUT2D eigenvalue weighted by Gasteiger charge is 2.23. The molecule has 0 aliphatic carbocycles. The minimum Gasteiger partial charge on any atom is -0.394 e. The lowest BCUT2D eigenvalue weighted by Crippen LogP contribution is -2.37. The zero-order valence-corrected chi connectivity index (χ0v) is 12.0. The van der Waals surface area contributed by atoms with E-state index in [1.54, 1.807) is 13.8 Å². The molecule has 0 unspecified atom stereocenters. The molecular weight excluding hydrogens is 271 g/mol. The van der Waals surface area contributed by atoms with Crippen molar-refractivity contribution < 1.29 is 13.6 Å². The van der Waals surface area contributed by atoms with Crippen molar-refractivity contribution in [2.75, 3.05) is 37.0 Å². The first-order chi connectivity index (χ1) is 8.95. The van der Waals surface area contributed by atoms with Crippen LogP contribution in [-0.4, -0.2) is 25.9 Å². The fraction of sp³-hybridized carbons (Fsp3) is 0.636. The van der Waals surface area contributed by atoms with Gasteiger partial charge in [0, 0.05) is 6.54 Å². The molecule has 1 aromatic carbocycles. The van der Waals surface area contributed by atoms with Crippen molar-refractivity contribution in [2.24, 2.45) is 0 Å². The van der Waals surface area contributed by atoms with E-state index < -0.39 is 18.5 Å². The standard InChI is InChI=1S/C11H19N2O5P/c1-3-17-19(16,18-4-2)7-5-6-13-9-8(12)10(14)11(9)15/h13H,3-7,12H2,1-2H3. The fourth-order valence-corrected chi connectivity index (χ4v) is 3.30. The van der Waals surface area contributed by atoms with Crippen LogP contribution in [0.15, 0.2) is 9.59 Å². The van der Waals surface area contributed by atoms with Crippen LogP contribution in [0.4, 0.5) is 11.4 Å². The molecule has 0 aliphatic heterocycles. The van der Waals surface area contributed by atoms with E-state index in [1.165, 1.54) is 0 Å². The summed E-state index contributed by atoms with van der Waals surface area (Å²) in [5.74, 6) is 0. The average Bonchev–Trinajstić information content (AvgIpc) is 2.38. The van der Waals surface area contributed by atoms with Gasteiger partial charge in [-0.05, 0) is 20.3 Å². The maximum atomic E-state index is 12.1. The summed E-state index contributed by atoms with van der Waals surface area (Å²) in [5, 5.41) is 2.76. The van der Waals surface area contributed by atoms with Crippen molar-refractivity contribution in [3.8, 4) is 0 Å². The van der Waals surface area contributed by atoms with Crippen LogP contribution < -0.4 is 21.9 Å². The molecule has 0 saturated carbocycles. The Bertz CT molecular complexity index is 525. The van der Waals surface area contributed by atoms with E-state index in [-0.39, 0.29) is 17.5 Å². The van der Waals surface area contributed by atoms with Gasteiger partial charge in [0.1, 0.15) is 11.4 Å². The summed E-state index contributed by atoms with van der Waals surface area (Å²) in [6.45, 7) is 4.49. The van der Waals surface area contributed by atoms with E-state index in [9.17, 15) is 14.2 Å². The largest absolute Gasteiger partial charge is 0.394 e. The number of nitrogens with one attached hydrogen (secondary N) is 1. The SMILES string of the molecule is CCOP(=O)(CCCNc1c(N)c(=O)c1=O)OCC. The van der Waals surface area contributed by atoms with Crippen LogP contribution in [0.2, 0.25) is 0 Å². The summed E-state index contributed by atoms with van der Waals surface area (Å²) < 4.78 is 22.3. The number of nitrogens with two attached hydrogens (primary N) is 1. The molecule has 0 aromatic heterocycles. The van der Waals surface area contributed by atoms with Gasteiger partial charge in [-0.25, -0.2) is 0 Å². The normalized spacial score (nSPS) is 11.9. The lowest BCUT2D eigenvalue weighted by atomic mass is 10.2. The van der Waals surface area contributed by atoms with E-state index in [2.05, 4.69) is 5.32 Å². The minimum absolute atomic E-state index is 0.0391. The Morgan fingerprint density at radius 1 is 1.16 bits per heavy atom. The van der Waals surface area contributed by atoms with Gasteiger partial charge in [0.2, 0.25) is 0 Å². The number of rotatable bonds is 9. The topological polar surface area (TPSA) is 108 Å². The summed E-state index contributed by atoms with van der Waals surface area (Å²) in [5.41, 5.74) is 4.21. The third-order valence-electron chi connectivity index (χ3n) is 2.51. The highest BCUT2D eigenvalue weighted by Crippen LogP contribution is 2.48. The molecule has 0 atom stereocenters. The van der Waals surface area contributed by atoms with E-state index in [0.717, 1.165) is 0 Å². The smallest absolute Gasteiger partial charge is 0.330 e. The molecule has 0 amide bonds. The van der Waals surface area contributed by atoms with Crippen molar-refractivity contribution in [3.63, 3.8) is 0 Å². The van der Waals surface area contributed by atoms with Crippen LogP contribution in [0.3, 0.4) is 0 Å². The second-order valence-electron chi connectivity index (χ2n) is 3.90. The van der Waals surface area contributed by atoms with Crippen LogP contribution in [0.25, 0.3) is 0 Å². The Hall–Kier alpha value is -1.17. The van der Waals surface area contributed by atoms with Gasteiger partial charge in [-0.15, -0.1) is 0 Å². The lowest BCUT2D eigenvalue weighted by molar-refractivity contribution is 0.220. The first-order valence-electron chi connectivity index (χ1n) is 6.16. The molecule has 0 saturated heterocycles. The van der Waals surface area contributed by atoms with Crippen LogP contribution >= 0.6 is 7.60 Å². The van der Waals surface area contributed by atoms with Crippen molar-refractivity contribution in [3.05, 3.63) is 20.4 Å². The maximum absolute atomic E-state index is 12.1. The number of anilines is 2. The summed E-state index contributed by atoms with van der Waals surface area (Å²) in [6.07, 6.45) is 0.729. The summed E-state index contributed by atoms with van der Waals surface area (Å²) in [6, 6.07) is 0. The van der Waals surface area contributed by atoms with Crippen molar-refractivity contribution in [1.29, 1.82) is 0 Å². The molecule has 0 radical (unpaired) electrons. The summed E-state index contributed by atoms with van der Waals surface area (Å²) in [7, 11) is -3.05. The molecule has 1 rings (SSSR count). The second-order valence-corrected chi connectivity index (χ2v) is 6.08. The van der Waals surface area contributed by atoms with E-state index in [1.807, 2.05) is 0 Å². The summed E-state index contributed by atoms with van der Waals surface area (Å²) in [4.78, 5) is 22.0. The molecule has 1 aromatic rings. The van der Waals surface area contributed by atoms with Crippen LogP contribution in [0, 0.1) is 0 Å². The van der Waals surface area contributed by atoms with Gasteiger partial charge < -0.3 is 20.1 Å². The first kappa shape index (κ1) is 15.9. The minimum atomic E-state index is -3.05. The Balaban J connectivity index is 2.40. The second kappa shape index (κ2) is 6.84. The first-order valence-corrected chi connectivity index (χ1v) is 7.88. The molecule has 0 spiro atoms. The highest BCUT2D eigenvalue weighted by molar-refractivity contribution is 7.53. The predicted molar refractivity (Wildman–Crippen MR) is 74.6 cm³/mol. The Labute approximate surface area is 111 Å². The quantitative estimate of drug-likeness (QED) is 0.395. The molecule has 108 valence electrons. The van der Waals surface area contributed by atoms with Gasteiger partial charge in [0.05, 0.1) is 19.4 Å². The zero-order chi connectivity index (χ0) is 14.5. The van der Waals surface area contributed by atoms with E-state index in [0.29, 0.717) is 26.2 Å². The molecule has 7 nitrogen and oxygen atoms in total. The van der Waals surface area contributed by atoms with Gasteiger partial charge in [0.15, 0.2) is 0 Å². The summed E-state index contributed by atoms with van der Waals surface area (Å²) >= 11 is 0. The van der Waals surface area contributed by atoms with Crippen LogP contribution in [0.5, 0.6) is 0 Å². The van der Waals surface area contributed by atoms with Crippen LogP contribution in [-0.2, 0) is 13.6 Å². The molecule has 19 heavy (non-hydrogen) atoms. The molecule has 0 bridgehead atoms. The van der Waals surface area contributed by atoms with E-state index in [4.69, 9.17) is 14.8 Å². The molecular formula is C11H19N2O5P. The lowest BCUT2D eigenvalue weighted by Gasteiger charge is -2.17. The predicted octanol–water partition coefficient (Wildman–Crippen LogP) is 0.933. The molecule has 0 aliphatic rings. The van der Waals surface area contributed by atoms with Gasteiger partial charge in [-0.1, -0.05) is 0 Å². The van der Waals surface area contributed by atoms with Crippen LogP contribution in [0.1, 0.15) is 20.3 Å². The molecule has 8 heteroatoms. The van der Waals surface area contributed by atoms with Gasteiger partial charge >= 0.3 is 7.60 Å². The molecule has 3 N–H and O–H groups in total. The van der Waals surface area contributed by atoms with Crippen molar-refractivity contribution in [2.45, 2.75) is 20.3 Å². The number of hydrogen-bond donors (Lipinski definition) is 2. The monoisotopic (exact) mass is 290 g/mol. The fourth-order valence-electron chi connectivity index (χ4n) is 1.63. The zero-order valence-electron chi connectivity index (χ0n) is 11.1.